The van der Waals surface area contributed by atoms with E-state index in [9.17, 15) is 13.6 Å². The van der Waals surface area contributed by atoms with Gasteiger partial charge in [-0.3, -0.25) is 9.36 Å². The van der Waals surface area contributed by atoms with E-state index in [2.05, 4.69) is 26.2 Å². The van der Waals surface area contributed by atoms with Crippen molar-refractivity contribution in [3.05, 3.63) is 16.6 Å². The number of amides is 1. The lowest BCUT2D eigenvalue weighted by Crippen LogP contribution is -2.37. The van der Waals surface area contributed by atoms with E-state index in [1.165, 1.54) is 6.92 Å². The highest BCUT2D eigenvalue weighted by Gasteiger charge is 2.25. The van der Waals surface area contributed by atoms with Crippen LogP contribution in [-0.2, 0) is 16.6 Å². The third-order valence-electron chi connectivity index (χ3n) is 5.17. The molecule has 1 aromatic carbocycles. The van der Waals surface area contributed by atoms with E-state index in [1.807, 2.05) is 14.0 Å². The van der Waals surface area contributed by atoms with Gasteiger partial charge >= 0.3 is 0 Å². The molecule has 172 valence electrons. The van der Waals surface area contributed by atoms with Crippen molar-refractivity contribution in [2.45, 2.75) is 64.2 Å². The molecule has 31 heavy (non-hydrogen) atoms. The van der Waals surface area contributed by atoms with Crippen molar-refractivity contribution in [1.29, 1.82) is 0 Å². The van der Waals surface area contributed by atoms with Crippen LogP contribution in [0.4, 0.5) is 8.78 Å². The lowest BCUT2D eigenvalue weighted by Gasteiger charge is -2.29. The van der Waals surface area contributed by atoms with Gasteiger partial charge in [-0.25, -0.2) is 8.78 Å². The van der Waals surface area contributed by atoms with E-state index in [1.54, 1.807) is 16.7 Å². The molecule has 1 heterocycles. The quantitative estimate of drug-likeness (QED) is 0.554. The third-order valence-corrected chi connectivity index (χ3v) is 5.78. The van der Waals surface area contributed by atoms with Crippen molar-refractivity contribution in [2.24, 2.45) is 7.05 Å². The van der Waals surface area contributed by atoms with Gasteiger partial charge in [0.1, 0.15) is 24.0 Å². The van der Waals surface area contributed by atoms with Gasteiger partial charge in [-0.15, -0.1) is 0 Å². The predicted octanol–water partition coefficient (Wildman–Crippen LogP) is 4.21. The Bertz CT molecular complexity index is 900. The van der Waals surface area contributed by atoms with Crippen LogP contribution in [0.25, 0.3) is 11.0 Å². The van der Waals surface area contributed by atoms with Crippen LogP contribution in [0.2, 0.25) is 0 Å². The van der Waals surface area contributed by atoms with Crippen LogP contribution in [0.1, 0.15) is 39.5 Å². The first-order valence-electron chi connectivity index (χ1n) is 10.3. The molecule has 10 heteroatoms. The molecule has 0 bridgehead atoms. The molecule has 7 nitrogen and oxygen atoms in total. The number of carbonyl (C=O) groups is 1. The third kappa shape index (κ3) is 6.52. The smallest absolute Gasteiger partial charge is 0.297 e. The summed E-state index contributed by atoms with van der Waals surface area (Å²) >= 11 is 3.44. The van der Waals surface area contributed by atoms with E-state index in [-0.39, 0.29) is 24.2 Å². The normalized spacial score (nSPS) is 20.1. The van der Waals surface area contributed by atoms with Crippen LogP contribution >= 0.6 is 15.9 Å². The molecular formula is C21H28BrF2N3O4. The van der Waals surface area contributed by atoms with Crippen molar-refractivity contribution in [1.82, 2.24) is 14.9 Å². The molecule has 3 rings (SSSR count). The van der Waals surface area contributed by atoms with Crippen molar-refractivity contribution in [3.8, 4) is 11.8 Å². The molecule has 0 unspecified atom stereocenters. The standard InChI is InChI=1S/C21H28BrF2N3O4/c1-12(25-13(2)28)10-29-14-4-6-15(7-5-14)31-21-26-20-17(22)8-16(30-11-19(23)24)9-18(20)27(21)3/h8-9,12,14-15,19H,4-7,10-11H2,1-3H3,(H,25,28)/t12-,14-,15-/m0/s1. The maximum absolute atomic E-state index is 12.4. The molecule has 1 aromatic heterocycles. The topological polar surface area (TPSA) is 74.6 Å². The minimum atomic E-state index is -2.53. The number of imidazole rings is 1. The number of carbonyl (C=O) groups excluding carboxylic acids is 1. The largest absolute Gasteiger partial charge is 0.488 e. The minimum absolute atomic E-state index is 0.0144. The van der Waals surface area contributed by atoms with Gasteiger partial charge in [0.05, 0.1) is 18.2 Å². The number of benzene rings is 1. The van der Waals surface area contributed by atoms with Crippen molar-refractivity contribution < 1.29 is 27.8 Å². The van der Waals surface area contributed by atoms with Gasteiger partial charge in [-0.1, -0.05) is 0 Å². The molecule has 2 aromatic rings. The molecule has 0 aliphatic heterocycles. The summed E-state index contributed by atoms with van der Waals surface area (Å²) in [5.74, 6) is 0.287. The first-order chi connectivity index (χ1) is 14.7. The summed E-state index contributed by atoms with van der Waals surface area (Å²) in [6, 6.07) is 3.78. The van der Waals surface area contributed by atoms with E-state index in [4.69, 9.17) is 14.2 Å². The number of aryl methyl sites for hydroxylation is 1. The van der Waals surface area contributed by atoms with E-state index < -0.39 is 13.0 Å². The van der Waals surface area contributed by atoms with Crippen LogP contribution in [-0.4, -0.2) is 53.3 Å². The maximum atomic E-state index is 12.4. The highest BCUT2D eigenvalue weighted by molar-refractivity contribution is 9.10. The number of halogens is 3. The number of alkyl halides is 2. The average molecular weight is 504 g/mol. The maximum Gasteiger partial charge on any atom is 0.297 e. The van der Waals surface area contributed by atoms with Crippen LogP contribution in [0.15, 0.2) is 16.6 Å². The fraction of sp³-hybridized carbons (Fsp3) is 0.619. The fourth-order valence-corrected chi connectivity index (χ4v) is 4.20. The van der Waals surface area contributed by atoms with Gasteiger partial charge in [0.25, 0.3) is 12.4 Å². The van der Waals surface area contributed by atoms with Gasteiger partial charge < -0.3 is 19.5 Å². The first kappa shape index (κ1) is 23.7. The number of ether oxygens (including phenoxy) is 3. The second-order valence-electron chi connectivity index (χ2n) is 7.88. The summed E-state index contributed by atoms with van der Waals surface area (Å²) in [5, 5.41) is 2.81. The molecule has 1 saturated carbocycles. The Kier molecular flexibility index (Phi) is 8.10. The van der Waals surface area contributed by atoms with E-state index in [0.29, 0.717) is 28.4 Å². The minimum Gasteiger partial charge on any atom is -0.488 e. The molecule has 0 spiro atoms. The number of rotatable bonds is 9. The van der Waals surface area contributed by atoms with Crippen molar-refractivity contribution in [3.63, 3.8) is 0 Å². The summed E-state index contributed by atoms with van der Waals surface area (Å²) in [6.45, 7) is 3.25. The zero-order chi connectivity index (χ0) is 22.5. The second-order valence-corrected chi connectivity index (χ2v) is 8.73. The molecule has 1 fully saturated rings. The number of nitrogens with one attached hydrogen (secondary N) is 1. The van der Waals surface area contributed by atoms with Gasteiger partial charge in [0.2, 0.25) is 5.91 Å². The molecular weight excluding hydrogens is 476 g/mol. The summed E-state index contributed by atoms with van der Waals surface area (Å²) in [7, 11) is 1.83. The van der Waals surface area contributed by atoms with Crippen LogP contribution in [0.5, 0.6) is 11.8 Å². The lowest BCUT2D eigenvalue weighted by molar-refractivity contribution is -0.120. The van der Waals surface area contributed by atoms with Crippen molar-refractivity contribution in [2.75, 3.05) is 13.2 Å². The Morgan fingerprint density at radius 3 is 2.58 bits per heavy atom. The summed E-state index contributed by atoms with van der Waals surface area (Å²) in [5.41, 5.74) is 1.42. The molecule has 1 atom stereocenters. The van der Waals surface area contributed by atoms with Crippen LogP contribution in [0.3, 0.4) is 0 Å². The molecule has 1 aliphatic carbocycles. The molecule has 1 amide bonds. The highest BCUT2D eigenvalue weighted by atomic mass is 79.9. The monoisotopic (exact) mass is 503 g/mol. The molecule has 0 saturated heterocycles. The van der Waals surface area contributed by atoms with Crippen molar-refractivity contribution >= 4 is 32.9 Å². The Morgan fingerprint density at radius 2 is 1.94 bits per heavy atom. The average Bonchev–Trinajstić information content (AvgIpc) is 3.02. The van der Waals surface area contributed by atoms with Gasteiger partial charge in [-0.2, -0.15) is 4.98 Å². The summed E-state index contributed by atoms with van der Waals surface area (Å²) in [6.07, 6.45) is 1.07. The number of nitrogens with zero attached hydrogens (tertiary/aromatic N) is 2. The lowest BCUT2D eigenvalue weighted by atomic mass is 9.95. The fourth-order valence-electron chi connectivity index (χ4n) is 3.68. The Morgan fingerprint density at radius 1 is 1.26 bits per heavy atom. The van der Waals surface area contributed by atoms with Crippen LogP contribution in [0, 0.1) is 0 Å². The SMILES string of the molecule is CC(=O)N[C@@H](C)CO[C@H]1CC[C@H](Oc2nc3c(Br)cc(OCC(F)F)cc3n2C)CC1. The predicted molar refractivity (Wildman–Crippen MR) is 116 cm³/mol. The van der Waals surface area contributed by atoms with Gasteiger partial charge in [0.15, 0.2) is 0 Å². The zero-order valence-corrected chi connectivity index (χ0v) is 19.5. The number of fused-ring (bicyclic) bond motifs is 1. The first-order valence-corrected chi connectivity index (χ1v) is 11.1. The number of aromatic nitrogens is 2. The van der Waals surface area contributed by atoms with Gasteiger partial charge in [-0.05, 0) is 54.6 Å². The van der Waals surface area contributed by atoms with Crippen LogP contribution < -0.4 is 14.8 Å². The Labute approximate surface area is 188 Å². The van der Waals surface area contributed by atoms with E-state index in [0.717, 1.165) is 31.2 Å². The molecule has 1 aliphatic rings. The summed E-state index contributed by atoms with van der Waals surface area (Å²) < 4.78 is 44.6. The Hall–Kier alpha value is -1.94. The number of hydrogen-bond acceptors (Lipinski definition) is 5. The van der Waals surface area contributed by atoms with E-state index >= 15 is 0 Å². The zero-order valence-electron chi connectivity index (χ0n) is 17.9. The highest BCUT2D eigenvalue weighted by Crippen LogP contribution is 2.33. The molecule has 1 N–H and O–H groups in total. The molecule has 0 radical (unpaired) electrons. The summed E-state index contributed by atoms with van der Waals surface area (Å²) in [4.78, 5) is 15.6. The Balaban J connectivity index is 1.57. The van der Waals surface area contributed by atoms with Gasteiger partial charge in [0, 0.05) is 30.6 Å². The second kappa shape index (κ2) is 10.6. The number of hydrogen-bond donors (Lipinski definition) is 1.